The van der Waals surface area contributed by atoms with Gasteiger partial charge < -0.3 is 10.2 Å². The maximum Gasteiger partial charge on any atom is 0.117 e. The Hall–Kier alpha value is -0.410. The molecule has 1 saturated carbocycles. The highest BCUT2D eigenvalue weighted by Crippen LogP contribution is 2.46. The first-order valence-electron chi connectivity index (χ1n) is 3.16. The Morgan fingerprint density at radius 3 is 2.33 bits per heavy atom. The van der Waals surface area contributed by atoms with E-state index in [-0.39, 0.29) is 5.54 Å². The van der Waals surface area contributed by atoms with Gasteiger partial charge in [0, 0.05) is 6.21 Å². The van der Waals surface area contributed by atoms with E-state index in [1.54, 1.807) is 0 Å². The van der Waals surface area contributed by atoms with Gasteiger partial charge in [-0.15, -0.1) is 0 Å². The second kappa shape index (κ2) is 1.36. The molecule has 2 N–H and O–H groups in total. The fourth-order valence-corrected chi connectivity index (χ4v) is 1.25. The van der Waals surface area contributed by atoms with Crippen LogP contribution in [-0.2, 0) is 0 Å². The summed E-state index contributed by atoms with van der Waals surface area (Å²) in [5.41, 5.74) is -0.251. The highest BCUT2D eigenvalue weighted by molar-refractivity contribution is 5.69. The van der Waals surface area contributed by atoms with E-state index in [4.69, 9.17) is 5.11 Å². The minimum absolute atomic E-state index is 0.251. The van der Waals surface area contributed by atoms with Crippen LogP contribution in [0.15, 0.2) is 4.99 Å². The number of aliphatic imine (C=N–C) groups is 1. The third-order valence-electron chi connectivity index (χ3n) is 2.12. The number of aliphatic hydroxyl groups is 2. The Labute approximate surface area is 53.0 Å². The molecule has 1 spiro atoms. The third kappa shape index (κ3) is 0.559. The van der Waals surface area contributed by atoms with E-state index in [1.807, 2.05) is 0 Å². The molecule has 0 saturated heterocycles. The molecule has 1 aliphatic heterocycles. The first-order valence-corrected chi connectivity index (χ1v) is 3.16. The van der Waals surface area contributed by atoms with Crippen molar-refractivity contribution in [3.05, 3.63) is 0 Å². The van der Waals surface area contributed by atoms with E-state index in [1.165, 1.54) is 6.21 Å². The van der Waals surface area contributed by atoms with E-state index >= 15 is 0 Å². The highest BCUT2D eigenvalue weighted by atomic mass is 16.3. The smallest absolute Gasteiger partial charge is 0.117 e. The molecule has 1 fully saturated rings. The number of aliphatic hydroxyl groups excluding tert-OH is 2. The number of hydrogen-bond donors (Lipinski definition) is 2. The van der Waals surface area contributed by atoms with Crippen molar-refractivity contribution in [2.24, 2.45) is 4.99 Å². The molecular weight excluding hydrogens is 118 g/mol. The van der Waals surface area contributed by atoms with Crippen molar-refractivity contribution in [3.8, 4) is 0 Å². The summed E-state index contributed by atoms with van der Waals surface area (Å²) in [6.45, 7) is 0. The number of nitrogens with zero attached hydrogens (tertiary/aromatic N) is 1. The van der Waals surface area contributed by atoms with Crippen LogP contribution in [0.1, 0.15) is 12.8 Å². The fraction of sp³-hybridized carbons (Fsp3) is 0.833. The average molecular weight is 127 g/mol. The summed E-state index contributed by atoms with van der Waals surface area (Å²) in [7, 11) is 0. The Morgan fingerprint density at radius 1 is 1.44 bits per heavy atom. The van der Waals surface area contributed by atoms with E-state index < -0.39 is 12.2 Å². The molecule has 0 aromatic heterocycles. The zero-order valence-corrected chi connectivity index (χ0v) is 4.99. The van der Waals surface area contributed by atoms with Gasteiger partial charge in [-0.1, -0.05) is 0 Å². The Morgan fingerprint density at radius 2 is 2.11 bits per heavy atom. The van der Waals surface area contributed by atoms with Gasteiger partial charge in [-0.25, -0.2) is 0 Å². The van der Waals surface area contributed by atoms with Crippen LogP contribution in [0.2, 0.25) is 0 Å². The largest absolute Gasteiger partial charge is 0.387 e. The molecule has 1 aliphatic carbocycles. The molecule has 2 rings (SSSR count). The molecule has 0 aromatic rings. The number of rotatable bonds is 0. The van der Waals surface area contributed by atoms with Gasteiger partial charge in [0.25, 0.3) is 0 Å². The molecule has 3 heteroatoms. The monoisotopic (exact) mass is 127 g/mol. The molecule has 9 heavy (non-hydrogen) atoms. The quantitative estimate of drug-likeness (QED) is 0.453. The normalized spacial score (nSPS) is 44.2. The van der Waals surface area contributed by atoms with E-state index in [0.29, 0.717) is 0 Å². The van der Waals surface area contributed by atoms with Crippen molar-refractivity contribution < 1.29 is 10.2 Å². The van der Waals surface area contributed by atoms with Crippen LogP contribution in [0.5, 0.6) is 0 Å². The zero-order valence-electron chi connectivity index (χ0n) is 4.99. The van der Waals surface area contributed by atoms with Crippen molar-refractivity contribution in [3.63, 3.8) is 0 Å². The molecule has 50 valence electrons. The molecule has 0 radical (unpaired) electrons. The summed E-state index contributed by atoms with van der Waals surface area (Å²) in [6, 6.07) is 0. The van der Waals surface area contributed by atoms with E-state index in [2.05, 4.69) is 4.99 Å². The van der Waals surface area contributed by atoms with Crippen LogP contribution in [0.4, 0.5) is 0 Å². The molecular formula is C6H9NO2. The molecule has 0 amide bonds. The molecule has 0 unspecified atom stereocenters. The van der Waals surface area contributed by atoms with Crippen LogP contribution in [-0.4, -0.2) is 34.2 Å². The van der Waals surface area contributed by atoms with E-state index in [9.17, 15) is 5.11 Å². The second-order valence-electron chi connectivity index (χ2n) is 2.82. The Bertz CT molecular complexity index is 162. The van der Waals surface area contributed by atoms with Gasteiger partial charge in [-0.05, 0) is 12.8 Å². The van der Waals surface area contributed by atoms with Crippen molar-refractivity contribution in [1.29, 1.82) is 0 Å². The lowest BCUT2D eigenvalue weighted by Crippen LogP contribution is -2.32. The van der Waals surface area contributed by atoms with Crippen molar-refractivity contribution >= 4 is 6.21 Å². The first-order chi connectivity index (χ1) is 4.25. The SMILES string of the molecule is O[C@@H]1[C@@H](O)C=NC12CC2. The van der Waals surface area contributed by atoms with Crippen LogP contribution in [0.3, 0.4) is 0 Å². The molecule has 3 nitrogen and oxygen atoms in total. The lowest BCUT2D eigenvalue weighted by Gasteiger charge is -2.11. The predicted octanol–water partition coefficient (Wildman–Crippen LogP) is -0.675. The molecule has 2 atom stereocenters. The maximum atomic E-state index is 9.21. The van der Waals surface area contributed by atoms with Crippen molar-refractivity contribution in [2.75, 3.05) is 0 Å². The number of hydrogen-bond acceptors (Lipinski definition) is 3. The third-order valence-corrected chi connectivity index (χ3v) is 2.12. The van der Waals surface area contributed by atoms with Gasteiger partial charge in [-0.2, -0.15) is 0 Å². The average Bonchev–Trinajstić information content (AvgIpc) is 2.57. The fourth-order valence-electron chi connectivity index (χ4n) is 1.25. The Balaban J connectivity index is 2.22. The van der Waals surface area contributed by atoms with Crippen LogP contribution in [0, 0.1) is 0 Å². The topological polar surface area (TPSA) is 52.8 Å². The first kappa shape index (κ1) is 5.38. The van der Waals surface area contributed by atoms with Crippen molar-refractivity contribution in [2.45, 2.75) is 30.6 Å². The van der Waals surface area contributed by atoms with Gasteiger partial charge in [0.15, 0.2) is 0 Å². The summed E-state index contributed by atoms with van der Waals surface area (Å²) < 4.78 is 0. The molecule has 1 heterocycles. The lowest BCUT2D eigenvalue weighted by molar-refractivity contribution is 0.0505. The predicted molar refractivity (Wildman–Crippen MR) is 32.5 cm³/mol. The van der Waals surface area contributed by atoms with Crippen LogP contribution < -0.4 is 0 Å². The standard InChI is InChI=1S/C6H9NO2/c8-4-3-7-6(1-2-6)5(4)9/h3-5,8-9H,1-2H2/t4-,5+/m0/s1. The molecule has 0 bridgehead atoms. The second-order valence-corrected chi connectivity index (χ2v) is 2.82. The summed E-state index contributed by atoms with van der Waals surface area (Å²) in [4.78, 5) is 4.02. The van der Waals surface area contributed by atoms with Crippen molar-refractivity contribution in [1.82, 2.24) is 0 Å². The van der Waals surface area contributed by atoms with Gasteiger partial charge in [0.1, 0.15) is 12.2 Å². The Kier molecular flexibility index (Phi) is 0.811. The minimum Gasteiger partial charge on any atom is -0.387 e. The van der Waals surface area contributed by atoms with Gasteiger partial charge in [0.05, 0.1) is 5.54 Å². The zero-order chi connectivity index (χ0) is 6.48. The van der Waals surface area contributed by atoms with E-state index in [0.717, 1.165) is 12.8 Å². The highest BCUT2D eigenvalue weighted by Gasteiger charge is 2.54. The summed E-state index contributed by atoms with van der Waals surface area (Å²) >= 11 is 0. The summed E-state index contributed by atoms with van der Waals surface area (Å²) in [5, 5.41) is 18.2. The lowest BCUT2D eigenvalue weighted by atomic mass is 10.1. The van der Waals surface area contributed by atoms with Crippen LogP contribution >= 0.6 is 0 Å². The molecule has 2 aliphatic rings. The van der Waals surface area contributed by atoms with Crippen LogP contribution in [0.25, 0.3) is 0 Å². The van der Waals surface area contributed by atoms with Gasteiger partial charge >= 0.3 is 0 Å². The summed E-state index contributed by atoms with van der Waals surface area (Å²) in [5.74, 6) is 0. The maximum absolute atomic E-state index is 9.21. The minimum atomic E-state index is -0.715. The van der Waals surface area contributed by atoms with Gasteiger partial charge in [-0.3, -0.25) is 4.99 Å². The summed E-state index contributed by atoms with van der Waals surface area (Å²) in [6.07, 6.45) is 1.96. The molecule has 0 aromatic carbocycles. The van der Waals surface area contributed by atoms with Gasteiger partial charge in [0.2, 0.25) is 0 Å².